The van der Waals surface area contributed by atoms with E-state index in [1.807, 2.05) is 6.07 Å². The van der Waals surface area contributed by atoms with Crippen LogP contribution in [0.1, 0.15) is 18.9 Å². The van der Waals surface area contributed by atoms with Crippen molar-refractivity contribution in [3.05, 3.63) is 35.9 Å². The molecular weight excluding hydrogens is 186 g/mol. The quantitative estimate of drug-likeness (QED) is 0.781. The van der Waals surface area contributed by atoms with Crippen molar-refractivity contribution in [1.82, 2.24) is 10.6 Å². The van der Waals surface area contributed by atoms with Crippen LogP contribution in [0.2, 0.25) is 0 Å². The first kappa shape index (κ1) is 10.0. The van der Waals surface area contributed by atoms with Crippen LogP contribution in [0.5, 0.6) is 0 Å². The second-order valence-corrected chi connectivity index (χ2v) is 3.78. The molecule has 1 atom stereocenters. The standard InChI is InChI=1S/C12H17N3/c1-2-11-9-14-12(15-11)13-8-10-6-4-3-5-7-10/h3-7,11H,2,8-9H2,1H3,(H2,13,14,15). The zero-order valence-electron chi connectivity index (χ0n) is 9.03. The molecule has 80 valence electrons. The average Bonchev–Trinajstić information content (AvgIpc) is 2.76. The van der Waals surface area contributed by atoms with E-state index in [-0.39, 0.29) is 0 Å². The summed E-state index contributed by atoms with van der Waals surface area (Å²) in [5.74, 6) is 0.936. The van der Waals surface area contributed by atoms with Gasteiger partial charge in [-0.2, -0.15) is 0 Å². The van der Waals surface area contributed by atoms with Gasteiger partial charge in [-0.15, -0.1) is 0 Å². The number of rotatable bonds is 3. The fraction of sp³-hybridized carbons (Fsp3) is 0.417. The first-order valence-electron chi connectivity index (χ1n) is 5.47. The van der Waals surface area contributed by atoms with Crippen molar-refractivity contribution in [3.8, 4) is 0 Å². The molecule has 0 aliphatic carbocycles. The highest BCUT2D eigenvalue weighted by atomic mass is 15.2. The van der Waals surface area contributed by atoms with Crippen molar-refractivity contribution < 1.29 is 0 Å². The fourth-order valence-electron chi connectivity index (χ4n) is 1.61. The topological polar surface area (TPSA) is 36.4 Å². The van der Waals surface area contributed by atoms with Crippen molar-refractivity contribution >= 4 is 5.96 Å². The average molecular weight is 203 g/mol. The molecule has 2 rings (SSSR count). The Morgan fingerprint density at radius 3 is 2.87 bits per heavy atom. The van der Waals surface area contributed by atoms with Gasteiger partial charge in [-0.3, -0.25) is 4.99 Å². The third-order valence-electron chi connectivity index (χ3n) is 2.61. The molecular formula is C12H17N3. The van der Waals surface area contributed by atoms with Crippen molar-refractivity contribution in [2.45, 2.75) is 25.9 Å². The highest BCUT2D eigenvalue weighted by Gasteiger charge is 2.14. The van der Waals surface area contributed by atoms with Crippen LogP contribution in [0.15, 0.2) is 35.3 Å². The Morgan fingerprint density at radius 2 is 2.20 bits per heavy atom. The van der Waals surface area contributed by atoms with Crippen LogP contribution >= 0.6 is 0 Å². The fourth-order valence-corrected chi connectivity index (χ4v) is 1.61. The van der Waals surface area contributed by atoms with Crippen molar-refractivity contribution in [2.24, 2.45) is 4.99 Å². The van der Waals surface area contributed by atoms with Crippen molar-refractivity contribution in [3.63, 3.8) is 0 Å². The summed E-state index contributed by atoms with van der Waals surface area (Å²) < 4.78 is 0. The molecule has 1 aromatic carbocycles. The number of benzene rings is 1. The number of hydrogen-bond donors (Lipinski definition) is 2. The third kappa shape index (κ3) is 2.72. The molecule has 0 aromatic heterocycles. The predicted molar refractivity (Wildman–Crippen MR) is 62.8 cm³/mol. The van der Waals surface area contributed by atoms with Gasteiger partial charge in [0.15, 0.2) is 5.96 Å². The molecule has 0 fully saturated rings. The molecule has 1 aliphatic heterocycles. The summed E-state index contributed by atoms with van der Waals surface area (Å²) in [6.07, 6.45) is 1.13. The minimum Gasteiger partial charge on any atom is -0.352 e. The molecule has 0 bridgehead atoms. The molecule has 0 saturated carbocycles. The largest absolute Gasteiger partial charge is 0.352 e. The van der Waals surface area contributed by atoms with Gasteiger partial charge in [0.1, 0.15) is 0 Å². The highest BCUT2D eigenvalue weighted by molar-refractivity contribution is 5.81. The second-order valence-electron chi connectivity index (χ2n) is 3.78. The summed E-state index contributed by atoms with van der Waals surface area (Å²) in [4.78, 5) is 4.40. The highest BCUT2D eigenvalue weighted by Crippen LogP contribution is 2.00. The maximum Gasteiger partial charge on any atom is 0.191 e. The van der Waals surface area contributed by atoms with E-state index in [0.717, 1.165) is 25.5 Å². The van der Waals surface area contributed by atoms with Crippen LogP contribution < -0.4 is 10.6 Å². The summed E-state index contributed by atoms with van der Waals surface area (Å²) in [6, 6.07) is 10.9. The van der Waals surface area contributed by atoms with Gasteiger partial charge in [-0.25, -0.2) is 0 Å². The smallest absolute Gasteiger partial charge is 0.191 e. The van der Waals surface area contributed by atoms with Crippen LogP contribution in [-0.2, 0) is 6.54 Å². The number of nitrogens with one attached hydrogen (secondary N) is 2. The van der Waals surface area contributed by atoms with Crippen LogP contribution in [0, 0.1) is 0 Å². The first-order valence-corrected chi connectivity index (χ1v) is 5.47. The summed E-state index contributed by atoms with van der Waals surface area (Å²) in [5, 5.41) is 6.65. The van der Waals surface area contributed by atoms with E-state index in [1.54, 1.807) is 0 Å². The summed E-state index contributed by atoms with van der Waals surface area (Å²) >= 11 is 0. The minimum atomic E-state index is 0.517. The van der Waals surface area contributed by atoms with E-state index in [0.29, 0.717) is 6.04 Å². The second kappa shape index (κ2) is 4.82. The number of nitrogens with zero attached hydrogens (tertiary/aromatic N) is 1. The Morgan fingerprint density at radius 1 is 1.40 bits per heavy atom. The Balaban J connectivity index is 1.80. The molecule has 2 N–H and O–H groups in total. The molecule has 15 heavy (non-hydrogen) atoms. The first-order chi connectivity index (χ1) is 7.38. The van der Waals surface area contributed by atoms with E-state index in [1.165, 1.54) is 5.56 Å². The van der Waals surface area contributed by atoms with Gasteiger partial charge in [-0.1, -0.05) is 37.3 Å². The van der Waals surface area contributed by atoms with Gasteiger partial charge in [-0.05, 0) is 12.0 Å². The number of aliphatic imine (C=N–C) groups is 1. The Labute approximate surface area is 90.6 Å². The summed E-state index contributed by atoms with van der Waals surface area (Å²) in [7, 11) is 0. The summed E-state index contributed by atoms with van der Waals surface area (Å²) in [6.45, 7) is 3.91. The molecule has 1 unspecified atom stereocenters. The molecule has 3 nitrogen and oxygen atoms in total. The molecule has 1 heterocycles. The lowest BCUT2D eigenvalue weighted by atomic mass is 10.2. The molecule has 0 radical (unpaired) electrons. The van der Waals surface area contributed by atoms with Gasteiger partial charge in [0.2, 0.25) is 0 Å². The molecule has 3 heteroatoms. The Bertz CT molecular complexity index is 332. The van der Waals surface area contributed by atoms with E-state index in [4.69, 9.17) is 0 Å². The van der Waals surface area contributed by atoms with Gasteiger partial charge in [0.25, 0.3) is 0 Å². The van der Waals surface area contributed by atoms with Gasteiger partial charge in [0, 0.05) is 12.6 Å². The van der Waals surface area contributed by atoms with Crippen molar-refractivity contribution in [2.75, 3.05) is 6.54 Å². The Hall–Kier alpha value is -1.51. The van der Waals surface area contributed by atoms with Crippen LogP contribution in [0.25, 0.3) is 0 Å². The monoisotopic (exact) mass is 203 g/mol. The van der Waals surface area contributed by atoms with Crippen LogP contribution in [-0.4, -0.2) is 18.5 Å². The lowest BCUT2D eigenvalue weighted by Crippen LogP contribution is -2.38. The van der Waals surface area contributed by atoms with E-state index < -0.39 is 0 Å². The molecule has 0 saturated heterocycles. The zero-order valence-corrected chi connectivity index (χ0v) is 9.03. The van der Waals surface area contributed by atoms with Gasteiger partial charge < -0.3 is 10.6 Å². The van der Waals surface area contributed by atoms with E-state index in [2.05, 4.69) is 46.8 Å². The maximum absolute atomic E-state index is 4.40. The predicted octanol–water partition coefficient (Wildman–Crippen LogP) is 1.51. The molecule has 0 amide bonds. The number of hydrogen-bond acceptors (Lipinski definition) is 3. The number of guanidine groups is 1. The minimum absolute atomic E-state index is 0.517. The van der Waals surface area contributed by atoms with Crippen molar-refractivity contribution in [1.29, 1.82) is 0 Å². The molecule has 0 spiro atoms. The van der Waals surface area contributed by atoms with Gasteiger partial charge >= 0.3 is 0 Å². The molecule has 1 aliphatic rings. The lowest BCUT2D eigenvalue weighted by Gasteiger charge is -2.10. The lowest BCUT2D eigenvalue weighted by molar-refractivity contribution is 0.629. The van der Waals surface area contributed by atoms with E-state index in [9.17, 15) is 0 Å². The SMILES string of the molecule is CCC1CN=C(NCc2ccccc2)N1. The Kier molecular flexibility index (Phi) is 3.22. The molecule has 1 aromatic rings. The maximum atomic E-state index is 4.40. The summed E-state index contributed by atoms with van der Waals surface area (Å²) in [5.41, 5.74) is 1.28. The van der Waals surface area contributed by atoms with Gasteiger partial charge in [0.05, 0.1) is 6.54 Å². The normalized spacial score (nSPS) is 19.5. The van der Waals surface area contributed by atoms with Crippen LogP contribution in [0.3, 0.4) is 0 Å². The third-order valence-corrected chi connectivity index (χ3v) is 2.61. The van der Waals surface area contributed by atoms with Crippen LogP contribution in [0.4, 0.5) is 0 Å². The zero-order chi connectivity index (χ0) is 10.5. The van der Waals surface area contributed by atoms with E-state index >= 15 is 0 Å².